The van der Waals surface area contributed by atoms with Crippen LogP contribution in [0.3, 0.4) is 0 Å². The Morgan fingerprint density at radius 2 is 1.89 bits per heavy atom. The standard InChI is InChI=1S/C25H30N6O3S/c1-15-5-6-17(34-15)16-11-18-19(33-10-9-32-18)12-20(16)35-24-30-21-22(26)28-14-29-23(21)31(24)8-7-27-13-25(2,3)4/h5-6,11-12,14,27H,7-10,13H2,1-4H3,(H2,26,28,29). The van der Waals surface area contributed by atoms with Crippen molar-refractivity contribution in [3.8, 4) is 22.8 Å². The fraction of sp³-hybridized carbons (Fsp3) is 0.400. The van der Waals surface area contributed by atoms with Gasteiger partial charge in [-0.25, -0.2) is 15.0 Å². The molecule has 0 saturated heterocycles. The lowest BCUT2D eigenvalue weighted by atomic mass is 9.97. The minimum absolute atomic E-state index is 0.197. The zero-order chi connectivity index (χ0) is 24.6. The number of nitrogens with two attached hydrogens (primary N) is 1. The molecule has 0 atom stereocenters. The number of nitrogens with zero attached hydrogens (tertiary/aromatic N) is 4. The van der Waals surface area contributed by atoms with Crippen LogP contribution in [-0.4, -0.2) is 45.8 Å². The Labute approximate surface area is 208 Å². The van der Waals surface area contributed by atoms with Gasteiger partial charge in [0.1, 0.15) is 31.1 Å². The van der Waals surface area contributed by atoms with E-state index in [1.807, 2.05) is 31.2 Å². The number of nitrogen functional groups attached to an aromatic ring is 1. The van der Waals surface area contributed by atoms with Crippen LogP contribution in [0.25, 0.3) is 22.5 Å². The van der Waals surface area contributed by atoms with E-state index >= 15 is 0 Å². The Morgan fingerprint density at radius 1 is 1.11 bits per heavy atom. The minimum atomic E-state index is 0.197. The number of fused-ring (bicyclic) bond motifs is 2. The minimum Gasteiger partial charge on any atom is -0.486 e. The van der Waals surface area contributed by atoms with Crippen molar-refractivity contribution in [2.75, 3.05) is 32.0 Å². The fourth-order valence-electron chi connectivity index (χ4n) is 3.89. The lowest BCUT2D eigenvalue weighted by molar-refractivity contribution is 0.171. The molecule has 0 bridgehead atoms. The van der Waals surface area contributed by atoms with Crippen LogP contribution in [0.5, 0.6) is 11.5 Å². The smallest absolute Gasteiger partial charge is 0.175 e. The molecule has 35 heavy (non-hydrogen) atoms. The normalized spacial score (nSPS) is 13.5. The van der Waals surface area contributed by atoms with Crippen molar-refractivity contribution in [1.29, 1.82) is 0 Å². The Bertz CT molecular complexity index is 1360. The van der Waals surface area contributed by atoms with Gasteiger partial charge in [0, 0.05) is 30.1 Å². The van der Waals surface area contributed by atoms with E-state index < -0.39 is 0 Å². The van der Waals surface area contributed by atoms with Gasteiger partial charge >= 0.3 is 0 Å². The van der Waals surface area contributed by atoms with Gasteiger partial charge in [-0.1, -0.05) is 32.5 Å². The molecule has 0 saturated carbocycles. The third-order valence-electron chi connectivity index (χ3n) is 5.54. The molecule has 0 aliphatic carbocycles. The van der Waals surface area contributed by atoms with Crippen LogP contribution in [0, 0.1) is 12.3 Å². The van der Waals surface area contributed by atoms with Gasteiger partial charge in [0.25, 0.3) is 0 Å². The molecule has 0 unspecified atom stereocenters. The van der Waals surface area contributed by atoms with E-state index in [0.29, 0.717) is 48.2 Å². The van der Waals surface area contributed by atoms with Crippen LogP contribution in [-0.2, 0) is 6.54 Å². The van der Waals surface area contributed by atoms with Gasteiger partial charge in [0.2, 0.25) is 0 Å². The Hall–Kier alpha value is -3.24. The van der Waals surface area contributed by atoms with Crippen LogP contribution in [0.15, 0.2) is 45.1 Å². The first-order chi connectivity index (χ1) is 16.8. The molecule has 184 valence electrons. The molecular formula is C25H30N6O3S. The number of aryl methyl sites for hydroxylation is 1. The van der Waals surface area contributed by atoms with Gasteiger partial charge in [-0.05, 0) is 36.6 Å². The summed E-state index contributed by atoms with van der Waals surface area (Å²) in [5, 5.41) is 4.30. The maximum absolute atomic E-state index is 6.16. The van der Waals surface area contributed by atoms with Gasteiger partial charge in [0.05, 0.1) is 0 Å². The molecule has 0 amide bonds. The molecule has 4 heterocycles. The van der Waals surface area contributed by atoms with Crippen molar-refractivity contribution in [2.24, 2.45) is 5.41 Å². The summed E-state index contributed by atoms with van der Waals surface area (Å²) in [6.07, 6.45) is 1.48. The molecule has 0 spiro atoms. The highest BCUT2D eigenvalue weighted by Gasteiger charge is 2.22. The maximum atomic E-state index is 6.16. The highest BCUT2D eigenvalue weighted by atomic mass is 32.2. The predicted molar refractivity (Wildman–Crippen MR) is 136 cm³/mol. The monoisotopic (exact) mass is 494 g/mol. The SMILES string of the molecule is Cc1ccc(-c2cc3c(cc2Sc2nc4c(N)ncnc4n2CCNCC(C)(C)C)OCCO3)o1. The topological polar surface area (TPSA) is 113 Å². The van der Waals surface area contributed by atoms with Crippen LogP contribution in [0.2, 0.25) is 0 Å². The summed E-state index contributed by atoms with van der Waals surface area (Å²) in [5.74, 6) is 3.38. The molecule has 1 aliphatic rings. The number of nitrogens with one attached hydrogen (secondary N) is 1. The predicted octanol–water partition coefficient (Wildman–Crippen LogP) is 4.54. The van der Waals surface area contributed by atoms with Gasteiger partial charge in [-0.15, -0.1) is 0 Å². The zero-order valence-corrected chi connectivity index (χ0v) is 21.2. The molecule has 0 radical (unpaired) electrons. The van der Waals surface area contributed by atoms with E-state index in [1.165, 1.54) is 18.1 Å². The summed E-state index contributed by atoms with van der Waals surface area (Å²) in [7, 11) is 0. The van der Waals surface area contributed by atoms with Crippen molar-refractivity contribution in [2.45, 2.75) is 44.3 Å². The number of imidazole rings is 1. The summed E-state index contributed by atoms with van der Waals surface area (Å²) in [6.45, 7) is 12.0. The first-order valence-electron chi connectivity index (χ1n) is 11.6. The van der Waals surface area contributed by atoms with Crippen LogP contribution in [0.4, 0.5) is 5.82 Å². The number of benzene rings is 1. The molecule has 3 N–H and O–H groups in total. The van der Waals surface area contributed by atoms with E-state index in [4.69, 9.17) is 24.6 Å². The molecule has 10 heteroatoms. The van der Waals surface area contributed by atoms with Crippen molar-refractivity contribution >= 4 is 28.7 Å². The third kappa shape index (κ3) is 5.08. The lowest BCUT2D eigenvalue weighted by Gasteiger charge is -2.21. The number of aromatic nitrogens is 4. The average molecular weight is 495 g/mol. The highest BCUT2D eigenvalue weighted by Crippen LogP contribution is 2.44. The van der Waals surface area contributed by atoms with Crippen LogP contribution < -0.4 is 20.5 Å². The number of hydrogen-bond acceptors (Lipinski definition) is 9. The molecule has 5 rings (SSSR count). The zero-order valence-electron chi connectivity index (χ0n) is 20.4. The fourth-order valence-corrected chi connectivity index (χ4v) is 4.95. The number of anilines is 1. The summed E-state index contributed by atoms with van der Waals surface area (Å²) in [6, 6.07) is 7.88. The van der Waals surface area contributed by atoms with Crippen LogP contribution in [0.1, 0.15) is 26.5 Å². The molecule has 9 nitrogen and oxygen atoms in total. The molecule has 4 aromatic rings. The highest BCUT2D eigenvalue weighted by molar-refractivity contribution is 7.99. The number of rotatable bonds is 7. The number of ether oxygens (including phenoxy) is 2. The van der Waals surface area contributed by atoms with Gasteiger partial charge < -0.3 is 29.5 Å². The summed E-state index contributed by atoms with van der Waals surface area (Å²) < 4.78 is 19.8. The summed E-state index contributed by atoms with van der Waals surface area (Å²) in [5.41, 5.74) is 8.57. The van der Waals surface area contributed by atoms with E-state index in [-0.39, 0.29) is 5.41 Å². The molecule has 1 aliphatic heterocycles. The quantitative estimate of drug-likeness (QED) is 0.358. The number of hydrogen-bond donors (Lipinski definition) is 2. The first-order valence-corrected chi connectivity index (χ1v) is 12.5. The van der Waals surface area contributed by atoms with E-state index in [2.05, 4.69) is 40.6 Å². The second-order valence-corrected chi connectivity index (χ2v) is 10.7. The van der Waals surface area contributed by atoms with Gasteiger partial charge in [0.15, 0.2) is 33.6 Å². The average Bonchev–Trinajstić information content (AvgIpc) is 3.40. The van der Waals surface area contributed by atoms with E-state index in [1.54, 1.807) is 0 Å². The molecule has 3 aromatic heterocycles. The third-order valence-corrected chi connectivity index (χ3v) is 6.60. The largest absolute Gasteiger partial charge is 0.486 e. The van der Waals surface area contributed by atoms with E-state index in [0.717, 1.165) is 40.2 Å². The second-order valence-electron chi connectivity index (χ2n) is 9.72. The van der Waals surface area contributed by atoms with E-state index in [9.17, 15) is 0 Å². The van der Waals surface area contributed by atoms with Crippen molar-refractivity contribution in [3.05, 3.63) is 36.4 Å². The number of furan rings is 1. The molecular weight excluding hydrogens is 464 g/mol. The first kappa shape index (κ1) is 23.5. The van der Waals surface area contributed by atoms with Crippen molar-refractivity contribution in [3.63, 3.8) is 0 Å². The lowest BCUT2D eigenvalue weighted by Crippen LogP contribution is -2.29. The van der Waals surface area contributed by atoms with Gasteiger partial charge in [-0.2, -0.15) is 0 Å². The Balaban J connectivity index is 1.54. The van der Waals surface area contributed by atoms with Crippen molar-refractivity contribution < 1.29 is 13.9 Å². The Morgan fingerprint density at radius 3 is 2.60 bits per heavy atom. The molecule has 0 fully saturated rings. The second kappa shape index (κ2) is 9.43. The van der Waals surface area contributed by atoms with Crippen LogP contribution >= 0.6 is 11.8 Å². The maximum Gasteiger partial charge on any atom is 0.175 e. The molecule has 1 aromatic carbocycles. The Kier molecular flexibility index (Phi) is 6.33. The van der Waals surface area contributed by atoms with Crippen molar-refractivity contribution in [1.82, 2.24) is 24.8 Å². The van der Waals surface area contributed by atoms with Gasteiger partial charge in [-0.3, -0.25) is 0 Å². The summed E-state index contributed by atoms with van der Waals surface area (Å²) >= 11 is 1.52. The summed E-state index contributed by atoms with van der Waals surface area (Å²) in [4.78, 5) is 14.4.